The van der Waals surface area contributed by atoms with E-state index in [1.807, 2.05) is 25.1 Å². The number of rotatable bonds is 6. The quantitative estimate of drug-likeness (QED) is 0.277. The lowest BCUT2D eigenvalue weighted by Crippen LogP contribution is -2.33. The predicted octanol–water partition coefficient (Wildman–Crippen LogP) is 6.27. The topological polar surface area (TPSA) is 93.9 Å². The number of hydrogen-bond acceptors (Lipinski definition) is 7. The molecule has 0 radical (unpaired) electrons. The summed E-state index contributed by atoms with van der Waals surface area (Å²) in [6, 6.07) is 15.3. The van der Waals surface area contributed by atoms with Crippen molar-refractivity contribution in [3.05, 3.63) is 64.3 Å². The Morgan fingerprint density at radius 2 is 1.87 bits per heavy atom. The van der Waals surface area contributed by atoms with Gasteiger partial charge in [-0.05, 0) is 94.3 Å². The fraction of sp³-hybridized carbons (Fsp3) is 0.414. The first-order chi connectivity index (χ1) is 18.2. The van der Waals surface area contributed by atoms with Gasteiger partial charge in [0.1, 0.15) is 12.2 Å². The Balaban J connectivity index is 1.31. The number of aromatic nitrogens is 2. The monoisotopic (exact) mass is 548 g/mol. The molecule has 2 atom stereocenters. The summed E-state index contributed by atoms with van der Waals surface area (Å²) in [5, 5.41) is 17.0. The summed E-state index contributed by atoms with van der Waals surface area (Å²) in [4.78, 5) is 11.5. The van der Waals surface area contributed by atoms with E-state index in [4.69, 9.17) is 11.6 Å². The van der Waals surface area contributed by atoms with Crippen LogP contribution >= 0.6 is 18.7 Å². The van der Waals surface area contributed by atoms with Crippen LogP contribution in [0.1, 0.15) is 36.0 Å². The average molecular weight is 549 g/mol. The molecule has 0 spiro atoms. The van der Waals surface area contributed by atoms with Crippen molar-refractivity contribution in [3.8, 4) is 6.07 Å². The molecule has 0 saturated carbocycles. The Labute approximate surface area is 230 Å². The largest absolute Gasteiger partial charge is 0.338 e. The van der Waals surface area contributed by atoms with Crippen LogP contribution in [-0.4, -0.2) is 47.3 Å². The molecule has 3 aromatic rings. The third-order valence-corrected chi connectivity index (χ3v) is 9.41. The second kappa shape index (κ2) is 11.1. The highest BCUT2D eigenvalue weighted by atomic mass is 35.5. The second-order valence-electron chi connectivity index (χ2n) is 10.8. The Morgan fingerprint density at radius 3 is 2.61 bits per heavy atom. The van der Waals surface area contributed by atoms with Gasteiger partial charge in [-0.2, -0.15) is 10.2 Å². The van der Waals surface area contributed by atoms with Gasteiger partial charge in [0.05, 0.1) is 23.9 Å². The van der Waals surface area contributed by atoms with E-state index >= 15 is 0 Å². The molecule has 5 rings (SSSR count). The first-order valence-corrected chi connectivity index (χ1v) is 16.2. The molecule has 2 heterocycles. The number of halogens is 1. The molecular weight excluding hydrogens is 515 g/mol. The van der Waals surface area contributed by atoms with Crippen LogP contribution in [0.2, 0.25) is 5.02 Å². The van der Waals surface area contributed by atoms with Crippen LogP contribution < -0.4 is 15.9 Å². The minimum absolute atomic E-state index is 0.182. The maximum Gasteiger partial charge on any atom is 0.229 e. The highest BCUT2D eigenvalue weighted by Gasteiger charge is 2.29. The van der Waals surface area contributed by atoms with Gasteiger partial charge in [-0.15, -0.1) is 0 Å². The minimum Gasteiger partial charge on any atom is -0.338 e. The number of nitrogens with zero attached hydrogens (tertiary/aromatic N) is 4. The molecule has 1 fully saturated rings. The van der Waals surface area contributed by atoms with E-state index in [9.17, 15) is 9.83 Å². The molecule has 198 valence electrons. The summed E-state index contributed by atoms with van der Waals surface area (Å²) in [5.74, 6) is 1.08. The number of nitrogens with one attached hydrogen (secondary N) is 2. The van der Waals surface area contributed by atoms with Crippen molar-refractivity contribution in [1.82, 2.24) is 14.9 Å². The Kier molecular flexibility index (Phi) is 7.77. The standard InChI is InChI=1S/C29H34ClN6OP/c1-19-4-11-26(27(14-19)38(2,3)37)34-28-25(30)17-32-29(35-28)33-23-8-5-21-6-9-24(10-7-22(21)15-23)36-13-12-20(16-31)18-36/h4-5,8,11,14-15,17,20,24H,6-7,9-10,12-13,18H2,1-3H3,(H2,32,33,34,35)/t20?,24-/m0/s1. The number of benzene rings is 2. The summed E-state index contributed by atoms with van der Waals surface area (Å²) in [6.45, 7) is 7.45. The Morgan fingerprint density at radius 1 is 1.08 bits per heavy atom. The van der Waals surface area contributed by atoms with E-state index in [0.717, 1.165) is 67.4 Å². The van der Waals surface area contributed by atoms with Crippen LogP contribution in [0.15, 0.2) is 42.6 Å². The molecule has 0 amide bonds. The van der Waals surface area contributed by atoms with Crippen molar-refractivity contribution >= 4 is 47.2 Å². The fourth-order valence-corrected chi connectivity index (χ4v) is 6.89. The molecule has 2 aromatic carbocycles. The second-order valence-corrected chi connectivity index (χ2v) is 14.4. The lowest BCUT2D eigenvalue weighted by molar-refractivity contribution is 0.218. The lowest BCUT2D eigenvalue weighted by atomic mass is 10.0. The molecule has 0 bridgehead atoms. The molecule has 1 aliphatic heterocycles. The van der Waals surface area contributed by atoms with Crippen molar-refractivity contribution in [1.29, 1.82) is 5.26 Å². The third-order valence-electron chi connectivity index (χ3n) is 7.61. The van der Waals surface area contributed by atoms with Crippen LogP contribution in [0.5, 0.6) is 0 Å². The van der Waals surface area contributed by atoms with E-state index in [2.05, 4.69) is 49.8 Å². The molecule has 38 heavy (non-hydrogen) atoms. The molecule has 2 aliphatic rings. The highest BCUT2D eigenvalue weighted by Crippen LogP contribution is 2.39. The van der Waals surface area contributed by atoms with Crippen molar-refractivity contribution in [2.24, 2.45) is 5.92 Å². The van der Waals surface area contributed by atoms with Gasteiger partial charge in [0.25, 0.3) is 0 Å². The van der Waals surface area contributed by atoms with Crippen LogP contribution in [0.25, 0.3) is 0 Å². The Hall–Kier alpha value is -2.91. The van der Waals surface area contributed by atoms with Crippen molar-refractivity contribution in [2.75, 3.05) is 37.1 Å². The van der Waals surface area contributed by atoms with Crippen molar-refractivity contribution < 1.29 is 4.57 Å². The molecule has 1 saturated heterocycles. The maximum absolute atomic E-state index is 12.9. The average Bonchev–Trinajstić information content (AvgIpc) is 3.27. The predicted molar refractivity (Wildman–Crippen MR) is 156 cm³/mol. The van der Waals surface area contributed by atoms with Gasteiger partial charge >= 0.3 is 0 Å². The zero-order chi connectivity index (χ0) is 26.9. The zero-order valence-corrected chi connectivity index (χ0v) is 23.8. The van der Waals surface area contributed by atoms with Crippen LogP contribution in [0.3, 0.4) is 0 Å². The molecular formula is C29H34ClN6OP. The fourth-order valence-electron chi connectivity index (χ4n) is 5.52. The van der Waals surface area contributed by atoms with Gasteiger partial charge in [0.2, 0.25) is 5.95 Å². The van der Waals surface area contributed by atoms with Gasteiger partial charge in [-0.25, -0.2) is 4.98 Å². The number of fused-ring (bicyclic) bond motifs is 1. The third kappa shape index (κ3) is 6.04. The summed E-state index contributed by atoms with van der Waals surface area (Å²) in [5.41, 5.74) is 5.46. The first kappa shape index (κ1) is 26.7. The summed E-state index contributed by atoms with van der Waals surface area (Å²) in [6.07, 6.45) is 6.88. The molecule has 1 aliphatic carbocycles. The number of nitriles is 1. The molecule has 9 heteroatoms. The number of likely N-dealkylation sites (tertiary alicyclic amines) is 1. The van der Waals surface area contributed by atoms with E-state index < -0.39 is 7.14 Å². The Bertz CT molecular complexity index is 1430. The van der Waals surface area contributed by atoms with Crippen molar-refractivity contribution in [2.45, 2.75) is 45.1 Å². The normalized spacial score (nSPS) is 19.9. The summed E-state index contributed by atoms with van der Waals surface area (Å²) < 4.78 is 12.9. The minimum atomic E-state index is -2.51. The van der Waals surface area contributed by atoms with Crippen molar-refractivity contribution in [3.63, 3.8) is 0 Å². The summed E-state index contributed by atoms with van der Waals surface area (Å²) >= 11 is 6.44. The first-order valence-electron chi connectivity index (χ1n) is 13.2. The molecule has 2 N–H and O–H groups in total. The molecule has 1 aromatic heterocycles. The SMILES string of the molecule is Cc1ccc(Nc2nc(Nc3ccc4c(c3)CC[C@@H](N3CCC(C#N)C3)CC4)ncc2Cl)c(P(C)(C)=O)c1. The van der Waals surface area contributed by atoms with Gasteiger partial charge in [0, 0.05) is 23.6 Å². The number of hydrogen-bond donors (Lipinski definition) is 2. The van der Waals surface area contributed by atoms with Gasteiger partial charge < -0.3 is 15.2 Å². The molecule has 7 nitrogen and oxygen atoms in total. The lowest BCUT2D eigenvalue weighted by Gasteiger charge is -2.26. The van der Waals surface area contributed by atoms with E-state index in [1.54, 1.807) is 19.5 Å². The molecule has 1 unspecified atom stereocenters. The maximum atomic E-state index is 12.9. The number of anilines is 4. The van der Waals surface area contributed by atoms with Crippen LogP contribution in [0, 0.1) is 24.2 Å². The van der Waals surface area contributed by atoms with Gasteiger partial charge in [0.15, 0.2) is 5.82 Å². The van der Waals surface area contributed by atoms with Crippen LogP contribution in [-0.2, 0) is 17.4 Å². The van der Waals surface area contributed by atoms with E-state index in [0.29, 0.717) is 22.8 Å². The highest BCUT2D eigenvalue weighted by molar-refractivity contribution is 7.70. The van der Waals surface area contributed by atoms with Gasteiger partial charge in [-0.3, -0.25) is 4.90 Å². The smallest absolute Gasteiger partial charge is 0.229 e. The summed E-state index contributed by atoms with van der Waals surface area (Å²) in [7, 11) is -2.51. The van der Waals surface area contributed by atoms with E-state index in [1.165, 1.54) is 11.1 Å². The van der Waals surface area contributed by atoms with Crippen LogP contribution in [0.4, 0.5) is 23.1 Å². The van der Waals surface area contributed by atoms with E-state index in [-0.39, 0.29) is 5.92 Å². The number of aryl methyl sites for hydroxylation is 3. The van der Waals surface area contributed by atoms with Gasteiger partial charge in [-0.1, -0.05) is 29.3 Å². The zero-order valence-electron chi connectivity index (χ0n) is 22.2.